The molecule has 1 N–H and O–H groups in total. The standard InChI is InChI=1S/C16H23B2NO4/c1-14(2)13(18-22-15(3,4)16(5,6)23-18)12(17(20)21-14)11-9-7-8-10-19-11/h7-10,20H,1-6H3. The number of rotatable bonds is 2. The topological polar surface area (TPSA) is 60.8 Å². The molecule has 3 rings (SSSR count). The van der Waals surface area contributed by atoms with Crippen molar-refractivity contribution < 1.29 is 19.0 Å². The minimum absolute atomic E-state index is 0.455. The molecule has 122 valence electrons. The summed E-state index contributed by atoms with van der Waals surface area (Å²) in [7, 11) is -1.63. The van der Waals surface area contributed by atoms with Gasteiger partial charge in [0.25, 0.3) is 0 Å². The Morgan fingerprint density at radius 2 is 1.57 bits per heavy atom. The Bertz CT molecular complexity index is 627. The van der Waals surface area contributed by atoms with Crippen LogP contribution >= 0.6 is 0 Å². The van der Waals surface area contributed by atoms with E-state index < -0.39 is 31.0 Å². The van der Waals surface area contributed by atoms with Gasteiger partial charge in [0.1, 0.15) is 0 Å². The summed E-state index contributed by atoms with van der Waals surface area (Å²) in [6.07, 6.45) is 1.70. The summed E-state index contributed by atoms with van der Waals surface area (Å²) in [6, 6.07) is 5.58. The molecule has 23 heavy (non-hydrogen) atoms. The van der Waals surface area contributed by atoms with Crippen LogP contribution in [0.4, 0.5) is 0 Å². The molecule has 0 unspecified atom stereocenters. The molecule has 1 fully saturated rings. The van der Waals surface area contributed by atoms with Gasteiger partial charge in [0.15, 0.2) is 0 Å². The fraction of sp³-hybridized carbons (Fsp3) is 0.562. The molecule has 2 aliphatic rings. The Hall–Kier alpha value is -1.14. The molecular formula is C16H23B2NO4. The fourth-order valence-corrected chi connectivity index (χ4v) is 3.02. The smallest absolute Gasteiger partial charge is 0.423 e. The van der Waals surface area contributed by atoms with Crippen LogP contribution in [0.3, 0.4) is 0 Å². The van der Waals surface area contributed by atoms with Crippen molar-refractivity contribution in [3.05, 3.63) is 35.6 Å². The van der Waals surface area contributed by atoms with E-state index in [0.29, 0.717) is 11.2 Å². The molecule has 1 aromatic heterocycles. The zero-order valence-electron chi connectivity index (χ0n) is 14.6. The molecule has 1 saturated heterocycles. The van der Waals surface area contributed by atoms with Gasteiger partial charge >= 0.3 is 14.2 Å². The van der Waals surface area contributed by atoms with Gasteiger partial charge in [-0.05, 0) is 59.1 Å². The first-order valence-electron chi connectivity index (χ1n) is 7.93. The highest BCUT2D eigenvalue weighted by Crippen LogP contribution is 2.46. The summed E-state index contributed by atoms with van der Waals surface area (Å²) in [5.41, 5.74) is 0.493. The van der Waals surface area contributed by atoms with Gasteiger partial charge in [-0.3, -0.25) is 4.98 Å². The zero-order chi connectivity index (χ0) is 17.0. The Morgan fingerprint density at radius 3 is 2.09 bits per heavy atom. The molecule has 7 heteroatoms. The second-order valence-corrected chi connectivity index (χ2v) is 7.61. The highest BCUT2D eigenvalue weighted by atomic mass is 16.7. The second kappa shape index (κ2) is 5.18. The highest BCUT2D eigenvalue weighted by molar-refractivity contribution is 6.74. The van der Waals surface area contributed by atoms with Gasteiger partial charge in [0.2, 0.25) is 0 Å². The number of pyridine rings is 1. The van der Waals surface area contributed by atoms with Crippen LogP contribution in [0.2, 0.25) is 0 Å². The van der Waals surface area contributed by atoms with E-state index in [1.165, 1.54) is 0 Å². The Kier molecular flexibility index (Phi) is 3.76. The summed E-state index contributed by atoms with van der Waals surface area (Å²) in [6.45, 7) is 11.8. The predicted molar refractivity (Wildman–Crippen MR) is 90.4 cm³/mol. The van der Waals surface area contributed by atoms with Crippen molar-refractivity contribution in [2.24, 2.45) is 0 Å². The SMILES string of the molecule is CC1(C)OB(O)C(c2ccccn2)=C1B1OC(C)(C)C(C)(C)O1. The average Bonchev–Trinajstić information content (AvgIpc) is 2.79. The van der Waals surface area contributed by atoms with Crippen molar-refractivity contribution in [1.29, 1.82) is 0 Å². The minimum atomic E-state index is -1.05. The number of aromatic nitrogens is 1. The molecule has 0 bridgehead atoms. The molecule has 3 heterocycles. The van der Waals surface area contributed by atoms with Crippen molar-refractivity contribution in [2.45, 2.75) is 58.3 Å². The second-order valence-electron chi connectivity index (χ2n) is 7.61. The molecule has 0 saturated carbocycles. The molecule has 2 aliphatic heterocycles. The first-order chi connectivity index (χ1) is 10.6. The van der Waals surface area contributed by atoms with Crippen molar-refractivity contribution in [2.75, 3.05) is 0 Å². The van der Waals surface area contributed by atoms with Gasteiger partial charge in [0.05, 0.1) is 22.5 Å². The largest absolute Gasteiger partial charge is 0.493 e. The molecule has 0 spiro atoms. The molecule has 0 radical (unpaired) electrons. The first-order valence-corrected chi connectivity index (χ1v) is 7.93. The van der Waals surface area contributed by atoms with Crippen LogP contribution in [-0.2, 0) is 14.0 Å². The molecular weight excluding hydrogens is 292 g/mol. The van der Waals surface area contributed by atoms with E-state index in [4.69, 9.17) is 14.0 Å². The molecule has 0 amide bonds. The van der Waals surface area contributed by atoms with Crippen LogP contribution in [-0.4, -0.2) is 41.0 Å². The lowest BCUT2D eigenvalue weighted by molar-refractivity contribution is 0.00578. The third kappa shape index (κ3) is 2.66. The average molecular weight is 315 g/mol. The van der Waals surface area contributed by atoms with Crippen molar-refractivity contribution in [3.8, 4) is 0 Å². The van der Waals surface area contributed by atoms with Gasteiger partial charge in [-0.1, -0.05) is 6.07 Å². The quantitative estimate of drug-likeness (QED) is 0.849. The van der Waals surface area contributed by atoms with Gasteiger partial charge in [-0.2, -0.15) is 0 Å². The number of hydrogen-bond acceptors (Lipinski definition) is 5. The van der Waals surface area contributed by atoms with E-state index in [2.05, 4.69) is 4.98 Å². The van der Waals surface area contributed by atoms with E-state index >= 15 is 0 Å². The lowest BCUT2D eigenvalue weighted by atomic mass is 9.63. The van der Waals surface area contributed by atoms with Crippen molar-refractivity contribution in [1.82, 2.24) is 4.98 Å². The Balaban J connectivity index is 2.11. The van der Waals surface area contributed by atoms with E-state index in [1.54, 1.807) is 6.20 Å². The van der Waals surface area contributed by atoms with Crippen LogP contribution in [0, 0.1) is 0 Å². The Labute approximate surface area is 138 Å². The first kappa shape index (κ1) is 16.7. The summed E-state index contributed by atoms with van der Waals surface area (Å²) >= 11 is 0. The lowest BCUT2D eigenvalue weighted by Crippen LogP contribution is -2.41. The van der Waals surface area contributed by atoms with Crippen LogP contribution in [0.5, 0.6) is 0 Å². The van der Waals surface area contributed by atoms with E-state index in [1.807, 2.05) is 59.7 Å². The molecule has 0 atom stereocenters. The summed E-state index contributed by atoms with van der Waals surface area (Å²) in [5.74, 6) is 0. The summed E-state index contributed by atoms with van der Waals surface area (Å²) in [5, 5.41) is 10.4. The zero-order valence-corrected chi connectivity index (χ0v) is 14.6. The van der Waals surface area contributed by atoms with Crippen LogP contribution in [0.15, 0.2) is 29.9 Å². The predicted octanol–water partition coefficient (Wildman–Crippen LogP) is 2.30. The summed E-state index contributed by atoms with van der Waals surface area (Å²) < 4.78 is 18.1. The molecule has 0 aromatic carbocycles. The van der Waals surface area contributed by atoms with Gasteiger partial charge in [0, 0.05) is 11.7 Å². The molecule has 5 nitrogen and oxygen atoms in total. The van der Waals surface area contributed by atoms with E-state index in [9.17, 15) is 5.02 Å². The third-order valence-electron chi connectivity index (χ3n) is 5.02. The monoisotopic (exact) mass is 315 g/mol. The minimum Gasteiger partial charge on any atom is -0.423 e. The van der Waals surface area contributed by atoms with Crippen molar-refractivity contribution in [3.63, 3.8) is 0 Å². The summed E-state index contributed by atoms with van der Waals surface area (Å²) in [4.78, 5) is 4.36. The van der Waals surface area contributed by atoms with Crippen LogP contribution in [0.25, 0.3) is 5.47 Å². The van der Waals surface area contributed by atoms with Gasteiger partial charge < -0.3 is 19.0 Å². The van der Waals surface area contributed by atoms with Crippen LogP contribution < -0.4 is 0 Å². The fourth-order valence-electron chi connectivity index (χ4n) is 3.02. The van der Waals surface area contributed by atoms with Crippen LogP contribution in [0.1, 0.15) is 47.2 Å². The number of nitrogens with zero attached hydrogens (tertiary/aromatic N) is 1. The van der Waals surface area contributed by atoms with E-state index in [0.717, 1.165) is 5.47 Å². The third-order valence-corrected chi connectivity index (χ3v) is 5.02. The number of hydrogen-bond donors (Lipinski definition) is 1. The van der Waals surface area contributed by atoms with E-state index in [-0.39, 0.29) is 0 Å². The van der Waals surface area contributed by atoms with Crippen molar-refractivity contribution >= 4 is 19.7 Å². The normalized spacial score (nSPS) is 25.3. The molecule has 1 aromatic rings. The Morgan fingerprint density at radius 1 is 0.957 bits per heavy atom. The maximum absolute atomic E-state index is 10.4. The van der Waals surface area contributed by atoms with Gasteiger partial charge in [-0.15, -0.1) is 0 Å². The maximum atomic E-state index is 10.4. The molecule has 0 aliphatic carbocycles. The highest BCUT2D eigenvalue weighted by Gasteiger charge is 2.58. The van der Waals surface area contributed by atoms with Gasteiger partial charge in [-0.25, -0.2) is 0 Å². The maximum Gasteiger partial charge on any atom is 0.493 e. The lowest BCUT2D eigenvalue weighted by Gasteiger charge is -2.32.